The fourth-order valence-electron chi connectivity index (χ4n) is 3.71. The van der Waals surface area contributed by atoms with Crippen LogP contribution in [0.5, 0.6) is 0 Å². The summed E-state index contributed by atoms with van der Waals surface area (Å²) in [5.74, 6) is 0.0846. The first-order chi connectivity index (χ1) is 11.7. The van der Waals surface area contributed by atoms with Crippen molar-refractivity contribution in [1.82, 2.24) is 9.47 Å². The van der Waals surface area contributed by atoms with Gasteiger partial charge < -0.3 is 15.2 Å². The number of piperidine rings is 1. The van der Waals surface area contributed by atoms with Gasteiger partial charge in [-0.15, -0.1) is 12.4 Å². The lowest BCUT2D eigenvalue weighted by Crippen LogP contribution is -2.54. The number of hydrogen-bond donors (Lipinski definition) is 1. The lowest BCUT2D eigenvalue weighted by Gasteiger charge is -2.42. The van der Waals surface area contributed by atoms with Crippen LogP contribution in [0.2, 0.25) is 5.02 Å². The summed E-state index contributed by atoms with van der Waals surface area (Å²) in [6, 6.07) is 9.80. The highest BCUT2D eigenvalue weighted by Gasteiger charge is 2.36. The minimum atomic E-state index is -0.0631. The van der Waals surface area contributed by atoms with Crippen LogP contribution in [-0.4, -0.2) is 34.5 Å². The molecular formula is C20H27Cl2N3O. The lowest BCUT2D eigenvalue weighted by molar-refractivity contribution is 0.0532. The number of halogens is 2. The largest absolute Gasteiger partial charge is 0.338 e. The Kier molecular flexibility index (Phi) is 6.11. The van der Waals surface area contributed by atoms with E-state index < -0.39 is 0 Å². The molecule has 26 heavy (non-hydrogen) atoms. The minimum absolute atomic E-state index is 0. The van der Waals surface area contributed by atoms with E-state index in [9.17, 15) is 4.79 Å². The van der Waals surface area contributed by atoms with E-state index in [1.165, 1.54) is 0 Å². The summed E-state index contributed by atoms with van der Waals surface area (Å²) in [5.41, 5.74) is 9.84. The second-order valence-electron chi connectivity index (χ2n) is 7.71. The predicted octanol–water partition coefficient (Wildman–Crippen LogP) is 4.37. The van der Waals surface area contributed by atoms with Gasteiger partial charge in [0.2, 0.25) is 0 Å². The van der Waals surface area contributed by atoms with E-state index in [1.54, 1.807) is 0 Å². The SMILES string of the molecule is Cc1cc(C(=O)N2CCC(N)C(C)(C)C2)c(C)n1-c1cccc(Cl)c1.Cl. The molecule has 1 saturated heterocycles. The van der Waals surface area contributed by atoms with Crippen molar-refractivity contribution in [3.63, 3.8) is 0 Å². The van der Waals surface area contributed by atoms with E-state index in [-0.39, 0.29) is 29.8 Å². The molecule has 142 valence electrons. The van der Waals surface area contributed by atoms with Crippen LogP contribution >= 0.6 is 24.0 Å². The number of aromatic nitrogens is 1. The minimum Gasteiger partial charge on any atom is -0.338 e. The zero-order chi connectivity index (χ0) is 18.4. The highest BCUT2D eigenvalue weighted by molar-refractivity contribution is 6.30. The normalized spacial score (nSPS) is 19.2. The maximum Gasteiger partial charge on any atom is 0.255 e. The molecule has 4 nitrogen and oxygen atoms in total. The molecule has 1 unspecified atom stereocenters. The third-order valence-electron chi connectivity index (χ3n) is 5.33. The Balaban J connectivity index is 0.00000243. The standard InChI is InChI=1S/C20H26ClN3O.ClH/c1-13-10-17(14(2)24(13)16-7-5-6-15(21)11-16)19(25)23-9-8-18(22)20(3,4)12-23;/h5-7,10-11,18H,8-9,12,22H2,1-4H3;1H. The van der Waals surface area contributed by atoms with Gasteiger partial charge in [-0.3, -0.25) is 4.79 Å². The predicted molar refractivity (Wildman–Crippen MR) is 110 cm³/mol. The molecule has 0 radical (unpaired) electrons. The molecule has 1 fully saturated rings. The topological polar surface area (TPSA) is 51.3 Å². The number of carbonyl (C=O) groups excluding carboxylic acids is 1. The summed E-state index contributed by atoms with van der Waals surface area (Å²) in [5, 5.41) is 0.685. The first kappa shape index (κ1) is 20.8. The van der Waals surface area contributed by atoms with E-state index in [0.29, 0.717) is 18.1 Å². The molecule has 1 atom stereocenters. The van der Waals surface area contributed by atoms with Crippen molar-refractivity contribution in [2.45, 2.75) is 40.2 Å². The molecule has 2 N–H and O–H groups in total. The second-order valence-corrected chi connectivity index (χ2v) is 8.15. The number of aryl methyl sites for hydroxylation is 1. The molecule has 2 aromatic rings. The molecule has 0 aliphatic carbocycles. The molecule has 0 saturated carbocycles. The lowest BCUT2D eigenvalue weighted by atomic mass is 9.79. The zero-order valence-electron chi connectivity index (χ0n) is 15.8. The number of carbonyl (C=O) groups is 1. The molecule has 1 amide bonds. The first-order valence-corrected chi connectivity index (χ1v) is 9.08. The number of nitrogens with zero attached hydrogens (tertiary/aromatic N) is 2. The van der Waals surface area contributed by atoms with Gasteiger partial charge in [0.05, 0.1) is 5.56 Å². The van der Waals surface area contributed by atoms with E-state index in [0.717, 1.165) is 29.1 Å². The van der Waals surface area contributed by atoms with Gasteiger partial charge in [-0.25, -0.2) is 0 Å². The zero-order valence-corrected chi connectivity index (χ0v) is 17.3. The van der Waals surface area contributed by atoms with Crippen molar-refractivity contribution in [3.05, 3.63) is 52.3 Å². The van der Waals surface area contributed by atoms with Gasteiger partial charge in [0.15, 0.2) is 0 Å². The average molecular weight is 396 g/mol. The first-order valence-electron chi connectivity index (χ1n) is 8.70. The van der Waals surface area contributed by atoms with Crippen molar-refractivity contribution in [2.24, 2.45) is 11.1 Å². The van der Waals surface area contributed by atoms with Crippen LogP contribution in [0.4, 0.5) is 0 Å². The van der Waals surface area contributed by atoms with Crippen molar-refractivity contribution >= 4 is 29.9 Å². The van der Waals surface area contributed by atoms with Crippen molar-refractivity contribution in [3.8, 4) is 5.69 Å². The smallest absolute Gasteiger partial charge is 0.255 e. The summed E-state index contributed by atoms with van der Waals surface area (Å²) in [6.07, 6.45) is 0.839. The van der Waals surface area contributed by atoms with Crippen LogP contribution < -0.4 is 5.73 Å². The molecule has 0 spiro atoms. The van der Waals surface area contributed by atoms with E-state index in [4.69, 9.17) is 17.3 Å². The average Bonchev–Trinajstić information content (AvgIpc) is 2.84. The van der Waals surface area contributed by atoms with Gasteiger partial charge in [-0.2, -0.15) is 0 Å². The number of likely N-dealkylation sites (tertiary alicyclic amines) is 1. The fourth-order valence-corrected chi connectivity index (χ4v) is 3.89. The van der Waals surface area contributed by atoms with Crippen LogP contribution in [0.1, 0.15) is 42.0 Å². The number of rotatable bonds is 2. The quantitative estimate of drug-likeness (QED) is 0.820. The maximum absolute atomic E-state index is 13.1. The number of amides is 1. The van der Waals surface area contributed by atoms with E-state index >= 15 is 0 Å². The van der Waals surface area contributed by atoms with Crippen LogP contribution in [0, 0.1) is 19.3 Å². The van der Waals surface area contributed by atoms with Gasteiger partial charge >= 0.3 is 0 Å². The second kappa shape index (κ2) is 7.63. The molecule has 1 aromatic carbocycles. The van der Waals surface area contributed by atoms with Gasteiger partial charge in [0, 0.05) is 41.2 Å². The van der Waals surface area contributed by atoms with Crippen LogP contribution in [0.25, 0.3) is 5.69 Å². The fraction of sp³-hybridized carbons (Fsp3) is 0.450. The van der Waals surface area contributed by atoms with Gasteiger partial charge in [-0.1, -0.05) is 31.5 Å². The molecule has 1 aliphatic rings. The Hall–Kier alpha value is -1.49. The maximum atomic E-state index is 13.1. The molecule has 0 bridgehead atoms. The molecule has 6 heteroatoms. The van der Waals surface area contributed by atoms with Gasteiger partial charge in [0.1, 0.15) is 0 Å². The molecule has 2 heterocycles. The van der Waals surface area contributed by atoms with Crippen LogP contribution in [-0.2, 0) is 0 Å². The van der Waals surface area contributed by atoms with Crippen molar-refractivity contribution < 1.29 is 4.79 Å². The number of benzene rings is 1. The van der Waals surface area contributed by atoms with Gasteiger partial charge in [-0.05, 0) is 49.9 Å². The summed E-state index contributed by atoms with van der Waals surface area (Å²) in [6.45, 7) is 9.67. The Bertz CT molecular complexity index is 813. The Morgan fingerprint density at radius 2 is 1.96 bits per heavy atom. The third-order valence-corrected chi connectivity index (χ3v) is 5.56. The van der Waals surface area contributed by atoms with Crippen molar-refractivity contribution in [1.29, 1.82) is 0 Å². The summed E-state index contributed by atoms with van der Waals surface area (Å²) in [4.78, 5) is 15.1. The van der Waals surface area contributed by atoms with E-state index in [2.05, 4.69) is 18.4 Å². The molecular weight excluding hydrogens is 369 g/mol. The molecule has 3 rings (SSSR count). The summed E-state index contributed by atoms with van der Waals surface area (Å²) >= 11 is 6.14. The highest BCUT2D eigenvalue weighted by Crippen LogP contribution is 2.30. The summed E-state index contributed by atoms with van der Waals surface area (Å²) in [7, 11) is 0. The van der Waals surface area contributed by atoms with Crippen molar-refractivity contribution in [2.75, 3.05) is 13.1 Å². The third kappa shape index (κ3) is 3.78. The number of nitrogens with two attached hydrogens (primary N) is 1. The Labute approximate surface area is 166 Å². The Morgan fingerprint density at radius 3 is 2.58 bits per heavy atom. The summed E-state index contributed by atoms with van der Waals surface area (Å²) < 4.78 is 2.08. The molecule has 1 aliphatic heterocycles. The van der Waals surface area contributed by atoms with E-state index in [1.807, 2.05) is 49.1 Å². The molecule has 1 aromatic heterocycles. The Morgan fingerprint density at radius 1 is 1.27 bits per heavy atom. The van der Waals surface area contributed by atoms with Gasteiger partial charge in [0.25, 0.3) is 5.91 Å². The van der Waals surface area contributed by atoms with Crippen LogP contribution in [0.3, 0.4) is 0 Å². The van der Waals surface area contributed by atoms with Crippen LogP contribution in [0.15, 0.2) is 30.3 Å². The highest BCUT2D eigenvalue weighted by atomic mass is 35.5. The number of hydrogen-bond acceptors (Lipinski definition) is 2. The monoisotopic (exact) mass is 395 g/mol.